The summed E-state index contributed by atoms with van der Waals surface area (Å²) in [5.41, 5.74) is 0. The largest absolute Gasteiger partial charge is 0.481 e. The molecule has 112 valence electrons. The number of aliphatic carboxylic acids is 1. The van der Waals surface area contributed by atoms with Crippen LogP contribution >= 0.6 is 0 Å². The number of ether oxygens (including phenoxy) is 3. The van der Waals surface area contributed by atoms with E-state index in [9.17, 15) is 4.79 Å². The Morgan fingerprint density at radius 1 is 1.37 bits per heavy atom. The minimum absolute atomic E-state index is 0.0125. The molecule has 1 aliphatic heterocycles. The molecule has 1 heterocycles. The Morgan fingerprint density at radius 3 is 2.79 bits per heavy atom. The van der Waals surface area contributed by atoms with E-state index in [2.05, 4.69) is 4.90 Å². The zero-order valence-electron chi connectivity index (χ0n) is 11.8. The molecule has 0 aliphatic carbocycles. The molecule has 0 radical (unpaired) electrons. The van der Waals surface area contributed by atoms with Crippen LogP contribution in [0.4, 0.5) is 0 Å². The van der Waals surface area contributed by atoms with Crippen LogP contribution in [-0.4, -0.2) is 75.3 Å². The maximum Gasteiger partial charge on any atom is 0.310 e. The first-order chi connectivity index (χ1) is 9.20. The second-order valence-corrected chi connectivity index (χ2v) is 4.64. The number of rotatable bonds is 10. The molecule has 19 heavy (non-hydrogen) atoms. The quantitative estimate of drug-likeness (QED) is 0.584. The Morgan fingerprint density at radius 2 is 2.16 bits per heavy atom. The summed E-state index contributed by atoms with van der Waals surface area (Å²) in [5.74, 6) is -1.17. The van der Waals surface area contributed by atoms with Crippen LogP contribution in [-0.2, 0) is 19.0 Å². The number of carboxylic acids is 1. The summed E-state index contributed by atoms with van der Waals surface area (Å²) in [5, 5.41) is 9.15. The molecule has 6 nitrogen and oxygen atoms in total. The third-order valence-electron chi connectivity index (χ3n) is 3.41. The van der Waals surface area contributed by atoms with Gasteiger partial charge in [0.2, 0.25) is 0 Å². The Bertz CT molecular complexity index is 261. The predicted molar refractivity (Wildman–Crippen MR) is 70.3 cm³/mol. The number of nitrogens with zero attached hydrogens (tertiary/aromatic N) is 1. The van der Waals surface area contributed by atoms with Crippen molar-refractivity contribution in [2.24, 2.45) is 5.92 Å². The number of carboxylic acid groups (broad SMARTS) is 1. The lowest BCUT2D eigenvalue weighted by Crippen LogP contribution is -2.43. The highest BCUT2D eigenvalue weighted by atomic mass is 16.5. The summed E-state index contributed by atoms with van der Waals surface area (Å²) in [6, 6.07) is -0.0125. The molecule has 2 atom stereocenters. The average Bonchev–Trinajstić information content (AvgIpc) is 2.87. The molecule has 0 aromatic heterocycles. The first-order valence-corrected chi connectivity index (χ1v) is 6.82. The Hall–Kier alpha value is -0.690. The monoisotopic (exact) mass is 275 g/mol. The van der Waals surface area contributed by atoms with E-state index in [0.717, 1.165) is 19.5 Å². The van der Waals surface area contributed by atoms with Gasteiger partial charge in [-0.25, -0.2) is 0 Å². The van der Waals surface area contributed by atoms with E-state index in [-0.39, 0.29) is 6.04 Å². The van der Waals surface area contributed by atoms with Gasteiger partial charge in [0.25, 0.3) is 0 Å². The zero-order valence-corrected chi connectivity index (χ0v) is 11.8. The Labute approximate surface area is 114 Å². The number of hydrogen-bond donors (Lipinski definition) is 1. The lowest BCUT2D eigenvalue weighted by Gasteiger charge is -2.29. The van der Waals surface area contributed by atoms with Gasteiger partial charge in [-0.3, -0.25) is 9.69 Å². The number of carbonyl (C=O) groups is 1. The van der Waals surface area contributed by atoms with Crippen LogP contribution in [0.2, 0.25) is 0 Å². The van der Waals surface area contributed by atoms with Crippen molar-refractivity contribution in [2.45, 2.75) is 19.4 Å². The molecule has 0 bridgehead atoms. The van der Waals surface area contributed by atoms with Crippen molar-refractivity contribution in [3.63, 3.8) is 0 Å². The molecular weight excluding hydrogens is 250 g/mol. The van der Waals surface area contributed by atoms with Crippen LogP contribution < -0.4 is 0 Å². The molecule has 0 amide bonds. The molecule has 1 aliphatic rings. The second kappa shape index (κ2) is 9.25. The van der Waals surface area contributed by atoms with Crippen molar-refractivity contribution in [3.05, 3.63) is 0 Å². The molecule has 1 rings (SSSR count). The normalized spacial score (nSPS) is 23.1. The minimum Gasteiger partial charge on any atom is -0.481 e. The maximum atomic E-state index is 11.1. The number of methoxy groups -OCH3 is 1. The lowest BCUT2D eigenvalue weighted by molar-refractivity contribution is -0.143. The van der Waals surface area contributed by atoms with Gasteiger partial charge in [-0.05, 0) is 13.0 Å². The topological polar surface area (TPSA) is 68.2 Å². The third-order valence-corrected chi connectivity index (χ3v) is 3.41. The summed E-state index contributed by atoms with van der Waals surface area (Å²) in [4.78, 5) is 13.3. The summed E-state index contributed by atoms with van der Waals surface area (Å²) < 4.78 is 15.6. The molecule has 0 spiro atoms. The number of likely N-dealkylation sites (N-methyl/N-ethyl adjacent to an activating group) is 1. The van der Waals surface area contributed by atoms with Crippen molar-refractivity contribution in [3.8, 4) is 0 Å². The molecule has 1 fully saturated rings. The Balaban J connectivity index is 2.26. The van der Waals surface area contributed by atoms with Crippen LogP contribution in [0, 0.1) is 5.92 Å². The molecular formula is C13H25NO5. The van der Waals surface area contributed by atoms with Gasteiger partial charge in [-0.2, -0.15) is 0 Å². The van der Waals surface area contributed by atoms with E-state index in [0.29, 0.717) is 33.0 Å². The first-order valence-electron chi connectivity index (χ1n) is 6.82. The standard InChI is InChI=1S/C13H25NO5/c1-3-14(5-4-6-18-8-7-17-2)12-10-19-9-11(12)13(15)16/h11-12H,3-10H2,1-2H3,(H,15,16). The first kappa shape index (κ1) is 16.4. The fourth-order valence-corrected chi connectivity index (χ4v) is 2.31. The maximum absolute atomic E-state index is 11.1. The summed E-state index contributed by atoms with van der Waals surface area (Å²) >= 11 is 0. The van der Waals surface area contributed by atoms with Gasteiger partial charge in [0, 0.05) is 26.3 Å². The van der Waals surface area contributed by atoms with Gasteiger partial charge < -0.3 is 19.3 Å². The van der Waals surface area contributed by atoms with E-state index in [1.165, 1.54) is 0 Å². The Kier molecular flexibility index (Phi) is 7.97. The van der Waals surface area contributed by atoms with Crippen LogP contribution in [0.3, 0.4) is 0 Å². The van der Waals surface area contributed by atoms with Gasteiger partial charge >= 0.3 is 5.97 Å². The molecule has 6 heteroatoms. The highest BCUT2D eigenvalue weighted by molar-refractivity contribution is 5.71. The molecule has 1 saturated heterocycles. The van der Waals surface area contributed by atoms with E-state index >= 15 is 0 Å². The van der Waals surface area contributed by atoms with Crippen molar-refractivity contribution >= 4 is 5.97 Å². The van der Waals surface area contributed by atoms with Crippen molar-refractivity contribution < 1.29 is 24.1 Å². The smallest absolute Gasteiger partial charge is 0.310 e. The molecule has 1 N–H and O–H groups in total. The van der Waals surface area contributed by atoms with Gasteiger partial charge in [0.1, 0.15) is 0 Å². The van der Waals surface area contributed by atoms with Crippen LogP contribution in [0.25, 0.3) is 0 Å². The van der Waals surface area contributed by atoms with Crippen molar-refractivity contribution in [1.82, 2.24) is 4.90 Å². The van der Waals surface area contributed by atoms with E-state index < -0.39 is 11.9 Å². The van der Waals surface area contributed by atoms with E-state index in [1.807, 2.05) is 6.92 Å². The van der Waals surface area contributed by atoms with Gasteiger partial charge in [0.15, 0.2) is 0 Å². The predicted octanol–water partition coefficient (Wildman–Crippen LogP) is 0.461. The molecule has 0 aromatic rings. The summed E-state index contributed by atoms with van der Waals surface area (Å²) in [6.07, 6.45) is 0.889. The van der Waals surface area contributed by atoms with Gasteiger partial charge in [-0.1, -0.05) is 6.92 Å². The minimum atomic E-state index is -0.766. The molecule has 0 aromatic carbocycles. The van der Waals surface area contributed by atoms with Crippen molar-refractivity contribution in [2.75, 3.05) is 53.2 Å². The highest BCUT2D eigenvalue weighted by Gasteiger charge is 2.37. The summed E-state index contributed by atoms with van der Waals surface area (Å²) in [6.45, 7) is 6.42. The highest BCUT2D eigenvalue weighted by Crippen LogP contribution is 2.20. The lowest BCUT2D eigenvalue weighted by atomic mass is 10.0. The fourth-order valence-electron chi connectivity index (χ4n) is 2.31. The number of hydrogen-bond acceptors (Lipinski definition) is 5. The van der Waals surface area contributed by atoms with Gasteiger partial charge in [0.05, 0.1) is 32.3 Å². The SMILES string of the molecule is CCN(CCCOCCOC)C1COCC1C(=O)O. The van der Waals surface area contributed by atoms with E-state index in [4.69, 9.17) is 19.3 Å². The third kappa shape index (κ3) is 5.44. The van der Waals surface area contributed by atoms with Crippen LogP contribution in [0.15, 0.2) is 0 Å². The second-order valence-electron chi connectivity index (χ2n) is 4.64. The molecule has 0 saturated carbocycles. The average molecular weight is 275 g/mol. The van der Waals surface area contributed by atoms with Gasteiger partial charge in [-0.15, -0.1) is 0 Å². The van der Waals surface area contributed by atoms with Crippen molar-refractivity contribution in [1.29, 1.82) is 0 Å². The summed E-state index contributed by atoms with van der Waals surface area (Å²) in [7, 11) is 1.65. The van der Waals surface area contributed by atoms with E-state index in [1.54, 1.807) is 7.11 Å². The molecule has 2 unspecified atom stereocenters. The zero-order chi connectivity index (χ0) is 14.1. The van der Waals surface area contributed by atoms with Crippen LogP contribution in [0.5, 0.6) is 0 Å². The van der Waals surface area contributed by atoms with Crippen LogP contribution in [0.1, 0.15) is 13.3 Å². The fraction of sp³-hybridized carbons (Fsp3) is 0.923.